The fraction of sp³-hybridized carbons (Fsp3) is 0.227. The number of rotatable bonds is 6. The van der Waals surface area contributed by atoms with E-state index in [4.69, 9.17) is 17.0 Å². The van der Waals surface area contributed by atoms with E-state index >= 15 is 0 Å². The van der Waals surface area contributed by atoms with Crippen molar-refractivity contribution in [2.45, 2.75) is 19.0 Å². The van der Waals surface area contributed by atoms with Crippen LogP contribution in [0.25, 0.3) is 0 Å². The van der Waals surface area contributed by atoms with Gasteiger partial charge in [-0.15, -0.1) is 11.3 Å². The van der Waals surface area contributed by atoms with Gasteiger partial charge in [-0.1, -0.05) is 6.07 Å². The number of methoxy groups -OCH3 is 1. The molecule has 1 fully saturated rings. The molecule has 1 amide bonds. The number of thiophene rings is 1. The van der Waals surface area contributed by atoms with Gasteiger partial charge in [0.25, 0.3) is 0 Å². The third-order valence-corrected chi connectivity index (χ3v) is 7.03. The maximum absolute atomic E-state index is 11.9. The highest BCUT2D eigenvalue weighted by Crippen LogP contribution is 2.44. The van der Waals surface area contributed by atoms with Crippen LogP contribution in [0.3, 0.4) is 0 Å². The largest absolute Gasteiger partial charge is 0.375 e. The van der Waals surface area contributed by atoms with Crippen LogP contribution in [-0.4, -0.2) is 29.7 Å². The highest BCUT2D eigenvalue weighted by atomic mass is 79.9. The second-order valence-corrected chi connectivity index (χ2v) is 10.0. The van der Waals surface area contributed by atoms with Crippen LogP contribution in [0.15, 0.2) is 58.5 Å². The minimum absolute atomic E-state index is 0.0163. The third kappa shape index (κ3) is 4.64. The molecule has 0 saturated carbocycles. The van der Waals surface area contributed by atoms with Crippen LogP contribution < -0.4 is 15.5 Å². The highest BCUT2D eigenvalue weighted by molar-refractivity contribution is 9.11. The topological polar surface area (TPSA) is 66.5 Å². The molecule has 0 bridgehead atoms. The first-order chi connectivity index (χ1) is 15.0. The lowest BCUT2D eigenvalue weighted by atomic mass is 10.0. The van der Waals surface area contributed by atoms with Crippen molar-refractivity contribution in [3.8, 4) is 0 Å². The van der Waals surface area contributed by atoms with Gasteiger partial charge in [-0.25, -0.2) is 0 Å². The van der Waals surface area contributed by atoms with Gasteiger partial charge in [0.2, 0.25) is 5.91 Å². The number of amides is 1. The number of thiocarbonyl (C=S) groups is 1. The first-order valence-corrected chi connectivity index (χ1v) is 11.6. The van der Waals surface area contributed by atoms with Gasteiger partial charge in [0.1, 0.15) is 6.61 Å². The predicted molar refractivity (Wildman–Crippen MR) is 132 cm³/mol. The smallest absolute Gasteiger partial charge is 0.250 e. The van der Waals surface area contributed by atoms with Crippen molar-refractivity contribution < 1.29 is 9.53 Å². The molecule has 3 aromatic rings. The summed E-state index contributed by atoms with van der Waals surface area (Å²) >= 11 is 11.0. The zero-order valence-corrected chi connectivity index (χ0v) is 20.2. The molecule has 3 heterocycles. The summed E-state index contributed by atoms with van der Waals surface area (Å²) in [5.41, 5.74) is 3.58. The molecule has 1 aliphatic heterocycles. The number of hydrogen-bond donors (Lipinski definition) is 2. The molecule has 160 valence electrons. The van der Waals surface area contributed by atoms with Gasteiger partial charge in [0, 0.05) is 29.6 Å². The van der Waals surface area contributed by atoms with Crippen molar-refractivity contribution in [1.29, 1.82) is 0 Å². The Bertz CT molecular complexity index is 1110. The zero-order valence-electron chi connectivity index (χ0n) is 17.0. The molecule has 0 unspecified atom stereocenters. The van der Waals surface area contributed by atoms with Gasteiger partial charge in [0.15, 0.2) is 5.11 Å². The van der Waals surface area contributed by atoms with Crippen LogP contribution in [0.2, 0.25) is 0 Å². The Kier molecular flexibility index (Phi) is 6.66. The van der Waals surface area contributed by atoms with E-state index in [1.165, 1.54) is 12.0 Å². The van der Waals surface area contributed by atoms with Crippen molar-refractivity contribution in [3.63, 3.8) is 0 Å². The standard InChI is InChI=1S/C22H21BrN4O2S2/c1-13-11-14(6-7-15(13)25-19(28)12-29-2)27-21(17-8-9-18(23)31-17)20(26-22(27)30)16-5-3-4-10-24-16/h3-11,20-21H,12H2,1-2H3,(H,25,28)(H,26,30)/t20-,21+/m0/s1. The molecule has 2 N–H and O–H groups in total. The summed E-state index contributed by atoms with van der Waals surface area (Å²) in [7, 11) is 1.50. The number of aromatic nitrogens is 1. The van der Waals surface area contributed by atoms with Crippen LogP contribution in [0.4, 0.5) is 11.4 Å². The van der Waals surface area contributed by atoms with Gasteiger partial charge in [-0.2, -0.15) is 0 Å². The van der Waals surface area contributed by atoms with Crippen LogP contribution >= 0.6 is 39.5 Å². The van der Waals surface area contributed by atoms with Gasteiger partial charge >= 0.3 is 0 Å². The summed E-state index contributed by atoms with van der Waals surface area (Å²) in [6, 6.07) is 15.8. The van der Waals surface area contributed by atoms with E-state index in [2.05, 4.69) is 48.6 Å². The van der Waals surface area contributed by atoms with Gasteiger partial charge < -0.3 is 20.3 Å². The number of nitrogens with one attached hydrogen (secondary N) is 2. The molecule has 1 saturated heterocycles. The molecule has 6 nitrogen and oxygen atoms in total. The summed E-state index contributed by atoms with van der Waals surface area (Å²) in [5.74, 6) is -0.187. The maximum Gasteiger partial charge on any atom is 0.250 e. The summed E-state index contributed by atoms with van der Waals surface area (Å²) in [6.45, 7) is 1.98. The lowest BCUT2D eigenvalue weighted by Gasteiger charge is -2.27. The lowest BCUT2D eigenvalue weighted by molar-refractivity contribution is -0.119. The highest BCUT2D eigenvalue weighted by Gasteiger charge is 2.41. The van der Waals surface area contributed by atoms with Crippen LogP contribution in [0, 0.1) is 6.92 Å². The number of nitrogens with zero attached hydrogens (tertiary/aromatic N) is 2. The molecule has 31 heavy (non-hydrogen) atoms. The second kappa shape index (κ2) is 9.44. The number of anilines is 2. The van der Waals surface area contributed by atoms with E-state index in [1.54, 1.807) is 17.5 Å². The van der Waals surface area contributed by atoms with Gasteiger partial charge in [-0.3, -0.25) is 9.78 Å². The summed E-state index contributed by atoms with van der Waals surface area (Å²) in [6.07, 6.45) is 1.80. The van der Waals surface area contributed by atoms with Crippen molar-refractivity contribution >= 4 is 61.9 Å². The van der Waals surface area contributed by atoms with Crippen molar-refractivity contribution in [2.75, 3.05) is 23.9 Å². The van der Waals surface area contributed by atoms with E-state index in [0.717, 1.165) is 26.4 Å². The molecule has 1 aromatic carbocycles. The fourth-order valence-corrected chi connectivity index (χ4v) is 5.56. The zero-order chi connectivity index (χ0) is 22.0. The number of carbonyl (C=O) groups is 1. The minimum Gasteiger partial charge on any atom is -0.375 e. The average Bonchev–Trinajstić information content (AvgIpc) is 3.33. The molecule has 9 heteroatoms. The van der Waals surface area contributed by atoms with Gasteiger partial charge in [-0.05, 0) is 83.1 Å². The van der Waals surface area contributed by atoms with Gasteiger partial charge in [0.05, 0.1) is 21.6 Å². The van der Waals surface area contributed by atoms with E-state index in [1.807, 2.05) is 43.3 Å². The molecular formula is C22H21BrN4O2S2. The molecule has 0 radical (unpaired) electrons. The molecule has 4 rings (SSSR count). The summed E-state index contributed by atoms with van der Waals surface area (Å²) in [5, 5.41) is 6.98. The number of benzene rings is 1. The maximum atomic E-state index is 11.9. The predicted octanol–water partition coefficient (Wildman–Crippen LogP) is 4.98. The van der Waals surface area contributed by atoms with E-state index in [-0.39, 0.29) is 24.6 Å². The number of carbonyl (C=O) groups excluding carboxylic acids is 1. The van der Waals surface area contributed by atoms with Crippen LogP contribution in [-0.2, 0) is 9.53 Å². The Hall–Kier alpha value is -2.33. The Morgan fingerprint density at radius 2 is 2.16 bits per heavy atom. The SMILES string of the molecule is COCC(=O)Nc1ccc(N2C(=S)N[C@@H](c3ccccn3)[C@H]2c2ccc(Br)s2)cc1C. The third-order valence-electron chi connectivity index (χ3n) is 5.02. The summed E-state index contributed by atoms with van der Waals surface area (Å²) in [4.78, 5) is 19.8. The van der Waals surface area contributed by atoms with E-state index in [9.17, 15) is 4.79 Å². The van der Waals surface area contributed by atoms with Crippen LogP contribution in [0.1, 0.15) is 28.2 Å². The molecule has 2 aromatic heterocycles. The molecule has 0 spiro atoms. The van der Waals surface area contributed by atoms with Crippen molar-refractivity contribution in [2.24, 2.45) is 0 Å². The first kappa shape index (κ1) is 21.9. The number of pyridine rings is 1. The number of aryl methyl sites for hydroxylation is 1. The number of hydrogen-bond acceptors (Lipinski definition) is 5. The average molecular weight is 517 g/mol. The second-order valence-electron chi connectivity index (χ2n) is 7.12. The van der Waals surface area contributed by atoms with E-state index in [0.29, 0.717) is 5.11 Å². The quantitative estimate of drug-likeness (QED) is 0.450. The first-order valence-electron chi connectivity index (χ1n) is 9.63. The summed E-state index contributed by atoms with van der Waals surface area (Å²) < 4.78 is 5.96. The molecule has 2 atom stereocenters. The Labute approximate surface area is 198 Å². The normalized spacial score (nSPS) is 18.2. The fourth-order valence-electron chi connectivity index (χ4n) is 3.66. The minimum atomic E-state index is -0.187. The van der Waals surface area contributed by atoms with Crippen molar-refractivity contribution in [1.82, 2.24) is 10.3 Å². The Morgan fingerprint density at radius 3 is 2.81 bits per heavy atom. The Balaban J connectivity index is 1.71. The molecule has 1 aliphatic rings. The van der Waals surface area contributed by atoms with Crippen molar-refractivity contribution in [3.05, 3.63) is 74.6 Å². The number of halogens is 1. The number of ether oxygens (including phenoxy) is 1. The lowest BCUT2D eigenvalue weighted by Crippen LogP contribution is -2.29. The molecule has 0 aliphatic carbocycles. The Morgan fingerprint density at radius 1 is 1.32 bits per heavy atom. The molecular weight excluding hydrogens is 496 g/mol. The van der Waals surface area contributed by atoms with Crippen LogP contribution in [0.5, 0.6) is 0 Å². The monoisotopic (exact) mass is 516 g/mol. The van der Waals surface area contributed by atoms with E-state index < -0.39 is 0 Å².